The van der Waals surface area contributed by atoms with E-state index in [1.807, 2.05) is 0 Å². The van der Waals surface area contributed by atoms with Crippen LogP contribution in [0.4, 0.5) is 0 Å². The summed E-state index contributed by atoms with van der Waals surface area (Å²) in [5, 5.41) is 7.91. The number of carbonyl (C=O) groups excluding carboxylic acids is 4. The third kappa shape index (κ3) is 5.50. The van der Waals surface area contributed by atoms with Crippen molar-refractivity contribution in [2.75, 3.05) is 33.2 Å². The summed E-state index contributed by atoms with van der Waals surface area (Å²) in [5.41, 5.74) is 0. The predicted molar refractivity (Wildman–Crippen MR) is 75.1 cm³/mol. The molecule has 0 radical (unpaired) electrons. The van der Waals surface area contributed by atoms with Gasteiger partial charge in [0.2, 0.25) is 23.6 Å². The zero-order valence-corrected chi connectivity index (χ0v) is 12.4. The van der Waals surface area contributed by atoms with E-state index in [-0.39, 0.29) is 68.6 Å². The molecule has 8 nitrogen and oxygen atoms in total. The number of carbonyl (C=O) groups is 4. The van der Waals surface area contributed by atoms with Crippen LogP contribution in [0.5, 0.6) is 0 Å². The molecule has 0 aromatic heterocycles. The van der Waals surface area contributed by atoms with Crippen molar-refractivity contribution >= 4 is 23.6 Å². The van der Waals surface area contributed by atoms with Crippen molar-refractivity contribution in [3.8, 4) is 0 Å². The summed E-state index contributed by atoms with van der Waals surface area (Å²) in [6.07, 6.45) is 0.401. The minimum Gasteiger partial charge on any atom is -0.354 e. The maximum Gasteiger partial charge on any atom is 0.233 e. The Hall–Kier alpha value is -1.96. The smallest absolute Gasteiger partial charge is 0.233 e. The molecule has 1 atom stereocenters. The van der Waals surface area contributed by atoms with E-state index in [9.17, 15) is 19.2 Å². The lowest BCUT2D eigenvalue weighted by Gasteiger charge is -2.14. The molecule has 1 rings (SSSR count). The molecule has 0 aromatic rings. The van der Waals surface area contributed by atoms with Crippen molar-refractivity contribution in [1.29, 1.82) is 0 Å². The molecule has 1 saturated heterocycles. The van der Waals surface area contributed by atoms with E-state index in [1.54, 1.807) is 14.0 Å². The second kappa shape index (κ2) is 8.35. The van der Waals surface area contributed by atoms with Gasteiger partial charge in [-0.1, -0.05) is 6.92 Å². The van der Waals surface area contributed by atoms with E-state index in [1.165, 1.54) is 4.90 Å². The SMILES string of the molecule is CNCC(=O)NCCC(=O)NCCN1C(=O)CC(C)C1=O. The highest BCUT2D eigenvalue weighted by atomic mass is 16.2. The normalized spacial score (nSPS) is 18.0. The molecule has 0 aliphatic carbocycles. The van der Waals surface area contributed by atoms with Gasteiger partial charge in [-0.05, 0) is 7.05 Å². The molecule has 0 bridgehead atoms. The molecule has 0 spiro atoms. The maximum absolute atomic E-state index is 11.6. The minimum absolute atomic E-state index is 0.160. The van der Waals surface area contributed by atoms with Gasteiger partial charge in [-0.15, -0.1) is 0 Å². The van der Waals surface area contributed by atoms with Gasteiger partial charge in [0.15, 0.2) is 0 Å². The number of hydrogen-bond donors (Lipinski definition) is 3. The number of likely N-dealkylation sites (N-methyl/N-ethyl adjacent to an activating group) is 1. The summed E-state index contributed by atoms with van der Waals surface area (Å²) in [6, 6.07) is 0. The third-order valence-corrected chi connectivity index (χ3v) is 3.14. The Labute approximate surface area is 123 Å². The highest BCUT2D eigenvalue weighted by Crippen LogP contribution is 2.17. The summed E-state index contributed by atoms with van der Waals surface area (Å²) in [7, 11) is 1.66. The Balaban J connectivity index is 2.15. The Kier molecular flexibility index (Phi) is 6.80. The molecule has 21 heavy (non-hydrogen) atoms. The second-order valence-corrected chi connectivity index (χ2v) is 4.97. The molecule has 1 unspecified atom stereocenters. The molecule has 3 N–H and O–H groups in total. The van der Waals surface area contributed by atoms with Gasteiger partial charge in [0.25, 0.3) is 0 Å². The fourth-order valence-corrected chi connectivity index (χ4v) is 2.02. The van der Waals surface area contributed by atoms with Crippen LogP contribution in [0.3, 0.4) is 0 Å². The number of amides is 4. The van der Waals surface area contributed by atoms with Crippen molar-refractivity contribution in [1.82, 2.24) is 20.9 Å². The lowest BCUT2D eigenvalue weighted by atomic mass is 10.1. The monoisotopic (exact) mass is 298 g/mol. The summed E-state index contributed by atoms with van der Waals surface area (Å²) in [5.74, 6) is -1.05. The Morgan fingerprint density at radius 1 is 1.19 bits per heavy atom. The van der Waals surface area contributed by atoms with Crippen molar-refractivity contribution in [2.24, 2.45) is 5.92 Å². The molecule has 1 aliphatic heterocycles. The zero-order valence-electron chi connectivity index (χ0n) is 12.4. The number of nitrogens with zero attached hydrogens (tertiary/aromatic N) is 1. The van der Waals surface area contributed by atoms with Crippen LogP contribution in [0, 0.1) is 5.92 Å². The fraction of sp³-hybridized carbons (Fsp3) is 0.692. The number of likely N-dealkylation sites (tertiary alicyclic amines) is 1. The molecule has 1 aliphatic rings. The Morgan fingerprint density at radius 3 is 2.43 bits per heavy atom. The first-order valence-corrected chi connectivity index (χ1v) is 6.98. The lowest BCUT2D eigenvalue weighted by Crippen LogP contribution is -2.39. The molecule has 118 valence electrons. The number of imide groups is 1. The lowest BCUT2D eigenvalue weighted by molar-refractivity contribution is -0.139. The van der Waals surface area contributed by atoms with Crippen LogP contribution < -0.4 is 16.0 Å². The third-order valence-electron chi connectivity index (χ3n) is 3.14. The number of nitrogens with one attached hydrogen (secondary N) is 3. The first kappa shape index (κ1) is 17.1. The van der Waals surface area contributed by atoms with Crippen LogP contribution in [0.2, 0.25) is 0 Å². The van der Waals surface area contributed by atoms with E-state index in [2.05, 4.69) is 16.0 Å². The van der Waals surface area contributed by atoms with E-state index < -0.39 is 0 Å². The molecule has 4 amide bonds. The number of hydrogen-bond acceptors (Lipinski definition) is 5. The molecular formula is C13H22N4O4. The van der Waals surface area contributed by atoms with Crippen LogP contribution in [-0.2, 0) is 19.2 Å². The molecular weight excluding hydrogens is 276 g/mol. The summed E-state index contributed by atoms with van der Waals surface area (Å²) < 4.78 is 0. The zero-order chi connectivity index (χ0) is 15.8. The minimum atomic E-state index is -0.268. The van der Waals surface area contributed by atoms with Gasteiger partial charge in [-0.2, -0.15) is 0 Å². The van der Waals surface area contributed by atoms with Gasteiger partial charge >= 0.3 is 0 Å². The van der Waals surface area contributed by atoms with E-state index in [0.717, 1.165) is 0 Å². The van der Waals surface area contributed by atoms with Crippen LogP contribution in [0.15, 0.2) is 0 Å². The molecule has 1 heterocycles. The van der Waals surface area contributed by atoms with Crippen molar-refractivity contribution in [2.45, 2.75) is 19.8 Å². The van der Waals surface area contributed by atoms with Gasteiger partial charge in [-0.25, -0.2) is 0 Å². The van der Waals surface area contributed by atoms with Gasteiger partial charge in [-0.3, -0.25) is 24.1 Å². The first-order chi connectivity index (χ1) is 9.95. The highest BCUT2D eigenvalue weighted by Gasteiger charge is 2.34. The molecule has 0 aromatic carbocycles. The molecule has 1 fully saturated rings. The van der Waals surface area contributed by atoms with Crippen LogP contribution in [0.25, 0.3) is 0 Å². The number of rotatable bonds is 8. The fourth-order valence-electron chi connectivity index (χ4n) is 2.02. The first-order valence-electron chi connectivity index (χ1n) is 6.98. The predicted octanol–water partition coefficient (Wildman–Crippen LogP) is -1.78. The molecule has 0 saturated carbocycles. The Bertz CT molecular complexity index is 424. The summed E-state index contributed by atoms with van der Waals surface area (Å²) in [6.45, 7) is 2.60. The van der Waals surface area contributed by atoms with Crippen LogP contribution in [0.1, 0.15) is 19.8 Å². The summed E-state index contributed by atoms with van der Waals surface area (Å²) >= 11 is 0. The average molecular weight is 298 g/mol. The van der Waals surface area contributed by atoms with Crippen molar-refractivity contribution < 1.29 is 19.2 Å². The van der Waals surface area contributed by atoms with Gasteiger partial charge < -0.3 is 16.0 Å². The molecule has 8 heteroatoms. The van der Waals surface area contributed by atoms with Gasteiger partial charge in [0.05, 0.1) is 6.54 Å². The summed E-state index contributed by atoms with van der Waals surface area (Å²) in [4.78, 5) is 47.0. The van der Waals surface area contributed by atoms with Crippen LogP contribution in [-0.4, -0.2) is 61.8 Å². The maximum atomic E-state index is 11.6. The standard InChI is InChI=1S/C13H22N4O4/c1-9-7-12(20)17(13(9)21)6-5-16-10(18)3-4-15-11(19)8-14-2/h9,14H,3-8H2,1-2H3,(H,15,19)(H,16,18). The second-order valence-electron chi connectivity index (χ2n) is 4.97. The van der Waals surface area contributed by atoms with E-state index in [0.29, 0.717) is 0 Å². The van der Waals surface area contributed by atoms with Crippen molar-refractivity contribution in [3.63, 3.8) is 0 Å². The van der Waals surface area contributed by atoms with E-state index in [4.69, 9.17) is 0 Å². The average Bonchev–Trinajstić information content (AvgIpc) is 2.65. The Morgan fingerprint density at radius 2 is 1.86 bits per heavy atom. The van der Waals surface area contributed by atoms with Crippen LogP contribution >= 0.6 is 0 Å². The highest BCUT2D eigenvalue weighted by molar-refractivity contribution is 6.03. The van der Waals surface area contributed by atoms with Gasteiger partial charge in [0, 0.05) is 38.4 Å². The quantitative estimate of drug-likeness (QED) is 0.459. The largest absolute Gasteiger partial charge is 0.354 e. The van der Waals surface area contributed by atoms with Crippen molar-refractivity contribution in [3.05, 3.63) is 0 Å². The topological polar surface area (TPSA) is 108 Å². The van der Waals surface area contributed by atoms with Gasteiger partial charge in [0.1, 0.15) is 0 Å². The van der Waals surface area contributed by atoms with E-state index >= 15 is 0 Å².